The van der Waals surface area contributed by atoms with E-state index in [1.807, 2.05) is 0 Å². The fourth-order valence-corrected chi connectivity index (χ4v) is 1.33. The van der Waals surface area contributed by atoms with Crippen LogP contribution in [0.25, 0.3) is 0 Å². The van der Waals surface area contributed by atoms with E-state index < -0.39 is 23.5 Å². The third-order valence-electron chi connectivity index (χ3n) is 1.62. The molecule has 1 rings (SSSR count). The third kappa shape index (κ3) is 1.95. The SMILES string of the molecule is O=Cc1c(C(F)F)ncc(CBr)c1F. The molecule has 0 N–H and O–H groups in total. The van der Waals surface area contributed by atoms with Gasteiger partial charge in [0, 0.05) is 17.1 Å². The van der Waals surface area contributed by atoms with Gasteiger partial charge in [0.2, 0.25) is 0 Å². The number of rotatable bonds is 3. The summed E-state index contributed by atoms with van der Waals surface area (Å²) >= 11 is 2.95. The van der Waals surface area contributed by atoms with Crippen LogP contribution < -0.4 is 0 Å². The molecule has 0 unspecified atom stereocenters. The Morgan fingerprint density at radius 3 is 2.64 bits per heavy atom. The van der Waals surface area contributed by atoms with Crippen LogP contribution in [0, 0.1) is 5.82 Å². The molecule has 14 heavy (non-hydrogen) atoms. The maximum absolute atomic E-state index is 13.3. The summed E-state index contributed by atoms with van der Waals surface area (Å²) in [7, 11) is 0. The van der Waals surface area contributed by atoms with Crippen molar-refractivity contribution in [1.82, 2.24) is 4.98 Å². The second-order valence-electron chi connectivity index (χ2n) is 2.45. The van der Waals surface area contributed by atoms with Crippen molar-refractivity contribution in [1.29, 1.82) is 0 Å². The Hall–Kier alpha value is -0.910. The Morgan fingerprint density at radius 1 is 1.57 bits per heavy atom. The molecule has 1 heterocycles. The van der Waals surface area contributed by atoms with Gasteiger partial charge in [0.1, 0.15) is 11.5 Å². The Morgan fingerprint density at radius 2 is 2.21 bits per heavy atom. The van der Waals surface area contributed by atoms with Crippen LogP contribution in [0.15, 0.2) is 6.20 Å². The molecule has 0 aliphatic rings. The molecule has 6 heteroatoms. The normalized spacial score (nSPS) is 10.6. The van der Waals surface area contributed by atoms with E-state index in [0.29, 0.717) is 0 Å². The zero-order valence-corrected chi connectivity index (χ0v) is 8.39. The van der Waals surface area contributed by atoms with E-state index in [2.05, 4.69) is 20.9 Å². The molecular weight excluding hydrogens is 263 g/mol. The molecule has 0 radical (unpaired) electrons. The van der Waals surface area contributed by atoms with Gasteiger partial charge in [0.05, 0.1) is 5.56 Å². The summed E-state index contributed by atoms with van der Waals surface area (Å²) < 4.78 is 37.7. The monoisotopic (exact) mass is 267 g/mol. The van der Waals surface area contributed by atoms with E-state index >= 15 is 0 Å². The summed E-state index contributed by atoms with van der Waals surface area (Å²) in [4.78, 5) is 13.7. The van der Waals surface area contributed by atoms with E-state index in [0.717, 1.165) is 6.20 Å². The number of carbonyl (C=O) groups excluding carboxylic acids is 1. The van der Waals surface area contributed by atoms with E-state index in [1.54, 1.807) is 0 Å². The van der Waals surface area contributed by atoms with Crippen molar-refractivity contribution in [2.24, 2.45) is 0 Å². The number of hydrogen-bond donors (Lipinski definition) is 0. The van der Waals surface area contributed by atoms with Gasteiger partial charge in [-0.25, -0.2) is 13.2 Å². The maximum atomic E-state index is 13.3. The van der Waals surface area contributed by atoms with E-state index in [4.69, 9.17) is 0 Å². The zero-order valence-electron chi connectivity index (χ0n) is 6.81. The van der Waals surface area contributed by atoms with Crippen molar-refractivity contribution >= 4 is 22.2 Å². The Bertz CT molecular complexity index is 357. The predicted octanol–water partition coefficient (Wildman–Crippen LogP) is 2.87. The summed E-state index contributed by atoms with van der Waals surface area (Å²) in [5.74, 6) is -0.942. The van der Waals surface area contributed by atoms with Crippen molar-refractivity contribution in [2.75, 3.05) is 0 Å². The quantitative estimate of drug-likeness (QED) is 0.623. The highest BCUT2D eigenvalue weighted by Gasteiger charge is 2.20. The molecule has 2 nitrogen and oxygen atoms in total. The lowest BCUT2D eigenvalue weighted by atomic mass is 10.1. The average Bonchev–Trinajstić information content (AvgIpc) is 2.17. The molecule has 1 aromatic heterocycles. The molecule has 0 saturated carbocycles. The molecular formula is C8H5BrF3NO. The van der Waals surface area contributed by atoms with Crippen LogP contribution in [0.4, 0.5) is 13.2 Å². The summed E-state index contributed by atoms with van der Waals surface area (Å²) in [6, 6.07) is 0. The molecule has 0 aliphatic heterocycles. The van der Waals surface area contributed by atoms with Crippen molar-refractivity contribution in [3.05, 3.63) is 28.8 Å². The molecule has 0 atom stereocenters. The summed E-state index contributed by atoms with van der Waals surface area (Å²) in [6.45, 7) is 0. The lowest BCUT2D eigenvalue weighted by molar-refractivity contribution is 0.109. The number of alkyl halides is 3. The molecule has 0 aromatic carbocycles. The third-order valence-corrected chi connectivity index (χ3v) is 2.23. The minimum absolute atomic E-state index is 0.0516. The smallest absolute Gasteiger partial charge is 0.281 e. The molecule has 0 saturated heterocycles. The first-order chi connectivity index (χ1) is 6.61. The van der Waals surface area contributed by atoms with Crippen LogP contribution in [0.2, 0.25) is 0 Å². The standard InChI is InChI=1S/C8H5BrF3NO/c9-1-4-2-13-7(8(11)12)5(3-14)6(4)10/h2-3,8H,1H2. The van der Waals surface area contributed by atoms with Crippen LogP contribution in [0.3, 0.4) is 0 Å². The lowest BCUT2D eigenvalue weighted by Gasteiger charge is -2.06. The summed E-state index contributed by atoms with van der Waals surface area (Å²) in [5.41, 5.74) is -1.41. The highest BCUT2D eigenvalue weighted by Crippen LogP contribution is 2.24. The number of nitrogens with zero attached hydrogens (tertiary/aromatic N) is 1. The number of carbonyl (C=O) groups is 1. The van der Waals surface area contributed by atoms with Gasteiger partial charge in [-0.15, -0.1) is 0 Å². The number of hydrogen-bond acceptors (Lipinski definition) is 2. The van der Waals surface area contributed by atoms with Crippen LogP contribution in [-0.4, -0.2) is 11.3 Å². The Balaban J connectivity index is 3.35. The first kappa shape index (κ1) is 11.2. The molecule has 0 bridgehead atoms. The van der Waals surface area contributed by atoms with E-state index in [9.17, 15) is 18.0 Å². The fourth-order valence-electron chi connectivity index (χ4n) is 0.938. The van der Waals surface area contributed by atoms with Crippen LogP contribution in [0.5, 0.6) is 0 Å². The maximum Gasteiger partial charge on any atom is 0.281 e. The van der Waals surface area contributed by atoms with Gasteiger partial charge in [-0.1, -0.05) is 15.9 Å². The van der Waals surface area contributed by atoms with Gasteiger partial charge in [0.15, 0.2) is 6.29 Å². The van der Waals surface area contributed by atoms with Crippen LogP contribution in [-0.2, 0) is 5.33 Å². The Labute approximate surface area is 86.3 Å². The van der Waals surface area contributed by atoms with Gasteiger partial charge in [-0.05, 0) is 0 Å². The van der Waals surface area contributed by atoms with Crippen molar-refractivity contribution in [3.63, 3.8) is 0 Å². The molecule has 0 fully saturated rings. The van der Waals surface area contributed by atoms with Gasteiger partial charge in [0.25, 0.3) is 6.43 Å². The average molecular weight is 268 g/mol. The minimum atomic E-state index is -2.95. The van der Waals surface area contributed by atoms with Crippen molar-refractivity contribution < 1.29 is 18.0 Å². The predicted molar refractivity (Wildman–Crippen MR) is 47.2 cm³/mol. The molecule has 1 aromatic rings. The van der Waals surface area contributed by atoms with Crippen LogP contribution >= 0.6 is 15.9 Å². The molecule has 76 valence electrons. The highest BCUT2D eigenvalue weighted by atomic mass is 79.9. The number of pyridine rings is 1. The second kappa shape index (κ2) is 4.54. The van der Waals surface area contributed by atoms with Gasteiger partial charge >= 0.3 is 0 Å². The summed E-state index contributed by atoms with van der Waals surface area (Å²) in [5, 5.41) is 0.121. The van der Waals surface area contributed by atoms with E-state index in [-0.39, 0.29) is 17.2 Å². The highest BCUT2D eigenvalue weighted by molar-refractivity contribution is 9.08. The molecule has 0 amide bonds. The summed E-state index contributed by atoms with van der Waals surface area (Å²) in [6.07, 6.45) is -1.91. The number of aromatic nitrogens is 1. The zero-order chi connectivity index (χ0) is 10.7. The van der Waals surface area contributed by atoms with Crippen molar-refractivity contribution in [2.45, 2.75) is 11.8 Å². The Kier molecular flexibility index (Phi) is 3.62. The van der Waals surface area contributed by atoms with Crippen LogP contribution in [0.1, 0.15) is 28.0 Å². The largest absolute Gasteiger partial charge is 0.298 e. The number of halogens is 4. The lowest BCUT2D eigenvalue weighted by Crippen LogP contribution is -2.04. The van der Waals surface area contributed by atoms with Gasteiger partial charge < -0.3 is 0 Å². The first-order valence-corrected chi connectivity index (χ1v) is 4.70. The topological polar surface area (TPSA) is 30.0 Å². The molecule has 0 aliphatic carbocycles. The van der Waals surface area contributed by atoms with Gasteiger partial charge in [-0.2, -0.15) is 0 Å². The second-order valence-corrected chi connectivity index (χ2v) is 3.01. The van der Waals surface area contributed by atoms with Gasteiger partial charge in [-0.3, -0.25) is 9.78 Å². The van der Waals surface area contributed by atoms with Crippen molar-refractivity contribution in [3.8, 4) is 0 Å². The minimum Gasteiger partial charge on any atom is -0.298 e. The first-order valence-electron chi connectivity index (χ1n) is 3.58. The van der Waals surface area contributed by atoms with E-state index in [1.165, 1.54) is 0 Å². The molecule has 0 spiro atoms. The number of aldehydes is 1. The fraction of sp³-hybridized carbons (Fsp3) is 0.250.